The van der Waals surface area contributed by atoms with Crippen LogP contribution in [0.3, 0.4) is 0 Å². The highest BCUT2D eigenvalue weighted by atomic mass is 35.5. The standard InChI is InChI=1S/C26H19ClF5N3O4/c27-18-5-4-13(28)9-16(18)21-20-17(10-19(36)34-21)22(24(38)33-15-2-1-3-15)39-25(20)35-23(37)11-6-12(26(30,31)32)8-14(29)7-11/h4-9,15,21H,1-3,10H2,(H,33,38)(H,34,36)(H,35,37). The molecule has 2 aliphatic rings. The molecule has 2 heterocycles. The van der Waals surface area contributed by atoms with E-state index in [1.165, 1.54) is 6.07 Å². The van der Waals surface area contributed by atoms with Crippen LogP contribution in [0.4, 0.5) is 27.8 Å². The van der Waals surface area contributed by atoms with Crippen molar-refractivity contribution in [3.05, 3.63) is 86.6 Å². The summed E-state index contributed by atoms with van der Waals surface area (Å²) in [5, 5.41) is 7.73. The molecule has 5 rings (SSSR count). The molecule has 3 aromatic rings. The van der Waals surface area contributed by atoms with Crippen LogP contribution in [0.15, 0.2) is 40.8 Å². The number of benzene rings is 2. The number of hydrogen-bond acceptors (Lipinski definition) is 4. The van der Waals surface area contributed by atoms with Gasteiger partial charge in [-0.2, -0.15) is 13.2 Å². The lowest BCUT2D eigenvalue weighted by atomic mass is 9.89. The fraction of sp³-hybridized carbons (Fsp3) is 0.269. The minimum Gasteiger partial charge on any atom is -0.434 e. The Balaban J connectivity index is 1.60. The number of nitrogens with one attached hydrogen (secondary N) is 3. The summed E-state index contributed by atoms with van der Waals surface area (Å²) in [6.07, 6.45) is -2.87. The Bertz CT molecular complexity index is 1500. The molecule has 0 bridgehead atoms. The topological polar surface area (TPSA) is 100 Å². The van der Waals surface area contributed by atoms with Crippen LogP contribution < -0.4 is 16.0 Å². The molecule has 2 aromatic carbocycles. The maximum absolute atomic E-state index is 14.1. The number of halogens is 6. The monoisotopic (exact) mass is 567 g/mol. The molecule has 1 aliphatic heterocycles. The Morgan fingerprint density at radius 2 is 1.77 bits per heavy atom. The second kappa shape index (κ2) is 9.99. The minimum atomic E-state index is -4.92. The van der Waals surface area contributed by atoms with Crippen molar-refractivity contribution >= 4 is 35.2 Å². The zero-order chi connectivity index (χ0) is 28.1. The van der Waals surface area contributed by atoms with Gasteiger partial charge in [0.25, 0.3) is 11.8 Å². The number of amides is 3. The summed E-state index contributed by atoms with van der Waals surface area (Å²) in [6, 6.07) is 3.40. The van der Waals surface area contributed by atoms with Gasteiger partial charge in [-0.1, -0.05) is 11.6 Å². The van der Waals surface area contributed by atoms with Gasteiger partial charge in [0.05, 0.1) is 18.0 Å². The number of fused-ring (bicyclic) bond motifs is 1. The maximum Gasteiger partial charge on any atom is 0.416 e. The van der Waals surface area contributed by atoms with E-state index in [0.717, 1.165) is 31.4 Å². The van der Waals surface area contributed by atoms with Crippen molar-refractivity contribution in [2.24, 2.45) is 0 Å². The third-order valence-corrected chi connectivity index (χ3v) is 6.95. The van der Waals surface area contributed by atoms with Gasteiger partial charge in [0.1, 0.15) is 11.6 Å². The fourth-order valence-corrected chi connectivity index (χ4v) is 4.74. The Morgan fingerprint density at radius 3 is 2.44 bits per heavy atom. The molecule has 0 saturated heterocycles. The Morgan fingerprint density at radius 1 is 1.03 bits per heavy atom. The van der Waals surface area contributed by atoms with Gasteiger partial charge in [0, 0.05) is 33.3 Å². The van der Waals surface area contributed by atoms with Crippen LogP contribution >= 0.6 is 11.6 Å². The fourth-order valence-electron chi connectivity index (χ4n) is 4.51. The van der Waals surface area contributed by atoms with Crippen molar-refractivity contribution in [3.63, 3.8) is 0 Å². The smallest absolute Gasteiger partial charge is 0.416 e. The van der Waals surface area contributed by atoms with E-state index < -0.39 is 58.6 Å². The predicted molar refractivity (Wildman–Crippen MR) is 128 cm³/mol. The van der Waals surface area contributed by atoms with Gasteiger partial charge in [-0.15, -0.1) is 0 Å². The van der Waals surface area contributed by atoms with E-state index in [-0.39, 0.29) is 46.0 Å². The molecule has 3 amide bonds. The number of carbonyl (C=O) groups is 3. The first-order chi connectivity index (χ1) is 18.4. The van der Waals surface area contributed by atoms with E-state index in [4.69, 9.17) is 16.0 Å². The van der Waals surface area contributed by atoms with Crippen molar-refractivity contribution < 1.29 is 40.8 Å². The SMILES string of the molecule is O=C1Cc2c(C(=O)NC3CCC3)oc(NC(=O)c3cc(F)cc(C(F)(F)F)c3)c2C(c2cc(F)ccc2Cl)N1. The summed E-state index contributed by atoms with van der Waals surface area (Å²) in [6.45, 7) is 0. The first-order valence-corrected chi connectivity index (χ1v) is 12.2. The van der Waals surface area contributed by atoms with Gasteiger partial charge in [0.15, 0.2) is 5.76 Å². The second-order valence-electron chi connectivity index (χ2n) is 9.28. The highest BCUT2D eigenvalue weighted by Crippen LogP contribution is 2.41. The molecule has 204 valence electrons. The van der Waals surface area contributed by atoms with E-state index in [0.29, 0.717) is 12.1 Å². The lowest BCUT2D eigenvalue weighted by molar-refractivity contribution is -0.137. The first-order valence-electron chi connectivity index (χ1n) is 11.8. The van der Waals surface area contributed by atoms with Crippen molar-refractivity contribution in [3.8, 4) is 0 Å². The van der Waals surface area contributed by atoms with Crippen LogP contribution in [0, 0.1) is 11.6 Å². The predicted octanol–water partition coefficient (Wildman–Crippen LogP) is 5.53. The average molecular weight is 568 g/mol. The molecular formula is C26H19ClF5N3O4. The van der Waals surface area contributed by atoms with Crippen LogP contribution in [0.25, 0.3) is 0 Å². The molecule has 1 aliphatic carbocycles. The molecule has 1 fully saturated rings. The molecule has 1 unspecified atom stereocenters. The molecule has 1 aromatic heterocycles. The molecule has 7 nitrogen and oxygen atoms in total. The third kappa shape index (κ3) is 5.33. The van der Waals surface area contributed by atoms with Crippen LogP contribution in [-0.2, 0) is 17.4 Å². The van der Waals surface area contributed by atoms with Crippen LogP contribution in [0.2, 0.25) is 5.02 Å². The summed E-state index contributed by atoms with van der Waals surface area (Å²) < 4.78 is 73.4. The quantitative estimate of drug-likeness (QED) is 0.353. The average Bonchev–Trinajstić information content (AvgIpc) is 3.19. The lowest BCUT2D eigenvalue weighted by Gasteiger charge is -2.27. The van der Waals surface area contributed by atoms with Gasteiger partial charge in [-0.25, -0.2) is 8.78 Å². The maximum atomic E-state index is 14.1. The highest BCUT2D eigenvalue weighted by molar-refractivity contribution is 6.31. The van der Waals surface area contributed by atoms with Crippen molar-refractivity contribution in [2.45, 2.75) is 43.9 Å². The number of rotatable bonds is 5. The van der Waals surface area contributed by atoms with Gasteiger partial charge in [0.2, 0.25) is 11.8 Å². The van der Waals surface area contributed by atoms with Gasteiger partial charge < -0.3 is 15.1 Å². The van der Waals surface area contributed by atoms with Gasteiger partial charge >= 0.3 is 6.18 Å². The summed E-state index contributed by atoms with van der Waals surface area (Å²) >= 11 is 6.28. The molecule has 1 saturated carbocycles. The van der Waals surface area contributed by atoms with Crippen LogP contribution in [-0.4, -0.2) is 23.8 Å². The minimum absolute atomic E-state index is 0.0495. The normalized spacial score (nSPS) is 17.2. The molecular weight excluding hydrogens is 549 g/mol. The third-order valence-electron chi connectivity index (χ3n) is 6.61. The van der Waals surface area contributed by atoms with Gasteiger partial charge in [-0.05, 0) is 55.7 Å². The number of hydrogen-bond donors (Lipinski definition) is 3. The number of anilines is 1. The molecule has 39 heavy (non-hydrogen) atoms. The molecule has 3 N–H and O–H groups in total. The summed E-state index contributed by atoms with van der Waals surface area (Å²) in [5.41, 5.74) is -1.83. The number of furan rings is 1. The van der Waals surface area contributed by atoms with E-state index in [1.54, 1.807) is 0 Å². The summed E-state index contributed by atoms with van der Waals surface area (Å²) in [4.78, 5) is 38.7. The van der Waals surface area contributed by atoms with Crippen molar-refractivity contribution in [2.75, 3.05) is 5.32 Å². The molecule has 1 atom stereocenters. The van der Waals surface area contributed by atoms with Crippen molar-refractivity contribution in [1.82, 2.24) is 10.6 Å². The number of carbonyl (C=O) groups excluding carboxylic acids is 3. The summed E-state index contributed by atoms with van der Waals surface area (Å²) in [5.74, 6) is -5.07. The Hall–Kier alpha value is -3.93. The zero-order valence-corrected chi connectivity index (χ0v) is 20.6. The first kappa shape index (κ1) is 26.7. The van der Waals surface area contributed by atoms with E-state index >= 15 is 0 Å². The van der Waals surface area contributed by atoms with Crippen LogP contribution in [0.1, 0.15) is 68.5 Å². The van der Waals surface area contributed by atoms with E-state index in [2.05, 4.69) is 16.0 Å². The Labute approximate surface area is 222 Å². The zero-order valence-electron chi connectivity index (χ0n) is 19.8. The van der Waals surface area contributed by atoms with Gasteiger partial charge in [-0.3, -0.25) is 19.7 Å². The molecule has 0 spiro atoms. The summed E-state index contributed by atoms with van der Waals surface area (Å²) in [7, 11) is 0. The molecule has 13 heteroatoms. The van der Waals surface area contributed by atoms with E-state index in [9.17, 15) is 36.3 Å². The highest BCUT2D eigenvalue weighted by Gasteiger charge is 2.39. The van der Waals surface area contributed by atoms with E-state index in [1.807, 2.05) is 0 Å². The lowest BCUT2D eigenvalue weighted by Crippen LogP contribution is -2.40. The number of alkyl halides is 3. The molecule has 0 radical (unpaired) electrons. The second-order valence-corrected chi connectivity index (χ2v) is 9.68. The van der Waals surface area contributed by atoms with Crippen molar-refractivity contribution in [1.29, 1.82) is 0 Å². The Kier molecular flexibility index (Phi) is 6.83. The largest absolute Gasteiger partial charge is 0.434 e. The van der Waals surface area contributed by atoms with Crippen LogP contribution in [0.5, 0.6) is 0 Å².